The number of ether oxygens (including phenoxy) is 1. The first-order valence-corrected chi connectivity index (χ1v) is 12.8. The smallest absolute Gasteiger partial charge is 0.317 e. The van der Waals surface area contributed by atoms with E-state index in [-0.39, 0.29) is 11.8 Å². The Morgan fingerprint density at radius 3 is 2.36 bits per heavy atom. The number of carbonyl (C=O) groups excluding carboxylic acids is 1. The average molecular weight is 511 g/mol. The number of halogens is 1. The SMILES string of the molecule is CC(C(=O)O)c1ccc(OCCN(CCCSc2ccccc2)C(=O)NCc2ccc(F)cc2)cc1. The van der Waals surface area contributed by atoms with Gasteiger partial charge >= 0.3 is 12.0 Å². The van der Waals surface area contributed by atoms with Crippen molar-refractivity contribution in [3.05, 3.63) is 95.8 Å². The lowest BCUT2D eigenvalue weighted by Crippen LogP contribution is -2.42. The number of nitrogens with zero attached hydrogens (tertiary/aromatic N) is 1. The lowest BCUT2D eigenvalue weighted by Gasteiger charge is -2.23. The van der Waals surface area contributed by atoms with Gasteiger partial charge in [0.2, 0.25) is 0 Å². The number of nitrogens with one attached hydrogen (secondary N) is 1. The lowest BCUT2D eigenvalue weighted by atomic mass is 10.0. The van der Waals surface area contributed by atoms with Crippen molar-refractivity contribution in [1.82, 2.24) is 10.2 Å². The fourth-order valence-electron chi connectivity index (χ4n) is 3.44. The number of thioether (sulfide) groups is 1. The average Bonchev–Trinajstić information content (AvgIpc) is 2.90. The van der Waals surface area contributed by atoms with Crippen LogP contribution in [0.2, 0.25) is 0 Å². The van der Waals surface area contributed by atoms with E-state index in [4.69, 9.17) is 9.84 Å². The molecule has 0 spiro atoms. The lowest BCUT2D eigenvalue weighted by molar-refractivity contribution is -0.138. The summed E-state index contributed by atoms with van der Waals surface area (Å²) in [6.07, 6.45) is 0.811. The van der Waals surface area contributed by atoms with Gasteiger partial charge in [-0.05, 0) is 66.6 Å². The molecule has 190 valence electrons. The van der Waals surface area contributed by atoms with Gasteiger partial charge in [-0.1, -0.05) is 42.5 Å². The van der Waals surface area contributed by atoms with Crippen LogP contribution in [0.15, 0.2) is 83.8 Å². The standard InChI is InChI=1S/C28H31FN2O4S/c1-21(27(32)33)23-10-14-25(15-11-23)35-18-17-31(16-5-19-36-26-6-3-2-4-7-26)28(34)30-20-22-8-12-24(29)13-9-22/h2-4,6-15,21H,5,16-20H2,1H3,(H,30,34)(H,32,33). The Bertz CT molecular complexity index is 1090. The van der Waals surface area contributed by atoms with Crippen LogP contribution in [0, 0.1) is 5.82 Å². The molecule has 0 aliphatic heterocycles. The summed E-state index contributed by atoms with van der Waals surface area (Å²) >= 11 is 1.75. The third-order valence-corrected chi connectivity index (χ3v) is 6.71. The van der Waals surface area contributed by atoms with Crippen LogP contribution >= 0.6 is 11.8 Å². The van der Waals surface area contributed by atoms with E-state index >= 15 is 0 Å². The van der Waals surface area contributed by atoms with E-state index < -0.39 is 11.9 Å². The second kappa shape index (κ2) is 14.1. The van der Waals surface area contributed by atoms with Crippen LogP contribution in [0.25, 0.3) is 0 Å². The van der Waals surface area contributed by atoms with Crippen LogP contribution in [0.1, 0.15) is 30.4 Å². The van der Waals surface area contributed by atoms with Gasteiger partial charge in [-0.3, -0.25) is 4.79 Å². The molecule has 2 amide bonds. The molecule has 8 heteroatoms. The summed E-state index contributed by atoms with van der Waals surface area (Å²) in [6.45, 7) is 3.19. The third kappa shape index (κ3) is 8.92. The van der Waals surface area contributed by atoms with Crippen molar-refractivity contribution in [2.75, 3.05) is 25.4 Å². The molecule has 2 N–H and O–H groups in total. The Labute approximate surface area is 215 Å². The number of carboxylic acid groups (broad SMARTS) is 1. The van der Waals surface area contributed by atoms with E-state index in [9.17, 15) is 14.0 Å². The number of carboxylic acids is 1. The number of rotatable bonds is 13. The quantitative estimate of drug-likeness (QED) is 0.225. The van der Waals surface area contributed by atoms with Crippen molar-refractivity contribution in [3.63, 3.8) is 0 Å². The van der Waals surface area contributed by atoms with Gasteiger partial charge in [-0.25, -0.2) is 9.18 Å². The molecule has 3 rings (SSSR count). The molecular formula is C28H31FN2O4S. The maximum absolute atomic E-state index is 13.1. The van der Waals surface area contributed by atoms with E-state index in [1.54, 1.807) is 60.0 Å². The largest absolute Gasteiger partial charge is 0.492 e. The van der Waals surface area contributed by atoms with Crippen molar-refractivity contribution < 1.29 is 23.8 Å². The molecule has 36 heavy (non-hydrogen) atoms. The Hall–Kier alpha value is -3.52. The highest BCUT2D eigenvalue weighted by Crippen LogP contribution is 2.20. The highest BCUT2D eigenvalue weighted by Gasteiger charge is 2.15. The zero-order chi connectivity index (χ0) is 25.8. The topological polar surface area (TPSA) is 78.9 Å². The van der Waals surface area contributed by atoms with Crippen molar-refractivity contribution in [1.29, 1.82) is 0 Å². The molecule has 0 fully saturated rings. The van der Waals surface area contributed by atoms with Crippen molar-refractivity contribution in [3.8, 4) is 5.75 Å². The minimum Gasteiger partial charge on any atom is -0.492 e. The molecular weight excluding hydrogens is 479 g/mol. The van der Waals surface area contributed by atoms with Gasteiger partial charge in [-0.2, -0.15) is 0 Å². The van der Waals surface area contributed by atoms with Crippen LogP contribution < -0.4 is 10.1 Å². The van der Waals surface area contributed by atoms with Gasteiger partial charge in [0.25, 0.3) is 0 Å². The van der Waals surface area contributed by atoms with Gasteiger partial charge < -0.3 is 20.1 Å². The maximum atomic E-state index is 13.1. The predicted octanol–water partition coefficient (Wildman–Crippen LogP) is 5.79. The highest BCUT2D eigenvalue weighted by molar-refractivity contribution is 7.99. The fourth-order valence-corrected chi connectivity index (χ4v) is 4.30. The van der Waals surface area contributed by atoms with Gasteiger partial charge in [-0.15, -0.1) is 11.8 Å². The summed E-state index contributed by atoms with van der Waals surface area (Å²) in [7, 11) is 0. The van der Waals surface area contributed by atoms with Crippen LogP contribution in [0.3, 0.4) is 0 Å². The summed E-state index contributed by atoms with van der Waals surface area (Å²) < 4.78 is 19.0. The Morgan fingerprint density at radius 2 is 1.69 bits per heavy atom. The van der Waals surface area contributed by atoms with Crippen LogP contribution in [0.5, 0.6) is 5.75 Å². The molecule has 1 atom stereocenters. The molecule has 0 saturated carbocycles. The first-order chi connectivity index (χ1) is 17.4. The third-order valence-electron chi connectivity index (χ3n) is 5.61. The minimum atomic E-state index is -0.878. The molecule has 0 bridgehead atoms. The molecule has 3 aromatic rings. The molecule has 0 saturated heterocycles. The van der Waals surface area contributed by atoms with Crippen LogP contribution in [-0.2, 0) is 11.3 Å². The van der Waals surface area contributed by atoms with E-state index in [1.807, 2.05) is 18.2 Å². The Balaban J connectivity index is 1.52. The van der Waals surface area contributed by atoms with E-state index in [0.29, 0.717) is 37.6 Å². The number of hydrogen-bond donors (Lipinski definition) is 2. The van der Waals surface area contributed by atoms with Crippen molar-refractivity contribution in [2.45, 2.75) is 30.7 Å². The van der Waals surface area contributed by atoms with Gasteiger partial charge in [0.1, 0.15) is 18.2 Å². The zero-order valence-corrected chi connectivity index (χ0v) is 21.0. The van der Waals surface area contributed by atoms with E-state index in [0.717, 1.165) is 17.7 Å². The molecule has 0 aliphatic carbocycles. The van der Waals surface area contributed by atoms with E-state index in [1.165, 1.54) is 17.0 Å². The van der Waals surface area contributed by atoms with Crippen molar-refractivity contribution in [2.24, 2.45) is 0 Å². The number of amides is 2. The normalized spacial score (nSPS) is 11.5. The van der Waals surface area contributed by atoms with Crippen LogP contribution in [-0.4, -0.2) is 47.5 Å². The zero-order valence-electron chi connectivity index (χ0n) is 20.2. The monoisotopic (exact) mass is 510 g/mol. The number of urea groups is 1. The summed E-state index contributed by atoms with van der Waals surface area (Å²) in [5.74, 6) is -0.298. The Kier molecular flexibility index (Phi) is 10.6. The molecule has 0 aliphatic rings. The van der Waals surface area contributed by atoms with Gasteiger partial charge in [0.05, 0.1) is 12.5 Å². The molecule has 0 heterocycles. The van der Waals surface area contributed by atoms with Crippen LogP contribution in [0.4, 0.5) is 9.18 Å². The maximum Gasteiger partial charge on any atom is 0.317 e. The van der Waals surface area contributed by atoms with Gasteiger partial charge in [0.15, 0.2) is 0 Å². The number of carbonyl (C=O) groups is 2. The second-order valence-corrected chi connectivity index (χ2v) is 9.43. The molecule has 1 unspecified atom stereocenters. The molecule has 6 nitrogen and oxygen atoms in total. The molecule has 0 radical (unpaired) electrons. The number of aliphatic carboxylic acids is 1. The summed E-state index contributed by atoms with van der Waals surface area (Å²) in [6, 6.07) is 22.9. The highest BCUT2D eigenvalue weighted by atomic mass is 32.2. The minimum absolute atomic E-state index is 0.210. The van der Waals surface area contributed by atoms with E-state index in [2.05, 4.69) is 17.4 Å². The number of hydrogen-bond acceptors (Lipinski definition) is 4. The number of benzene rings is 3. The summed E-state index contributed by atoms with van der Waals surface area (Å²) in [5.41, 5.74) is 1.52. The summed E-state index contributed by atoms with van der Waals surface area (Å²) in [5, 5.41) is 12.1. The first kappa shape index (κ1) is 27.1. The predicted molar refractivity (Wildman–Crippen MR) is 140 cm³/mol. The molecule has 3 aromatic carbocycles. The first-order valence-electron chi connectivity index (χ1n) is 11.8. The fraction of sp³-hybridized carbons (Fsp3) is 0.286. The second-order valence-electron chi connectivity index (χ2n) is 8.26. The molecule has 0 aromatic heterocycles. The summed E-state index contributed by atoms with van der Waals surface area (Å²) in [4.78, 5) is 27.0. The van der Waals surface area contributed by atoms with Gasteiger partial charge in [0, 0.05) is 18.0 Å². The van der Waals surface area contributed by atoms with Crippen molar-refractivity contribution >= 4 is 23.8 Å². The Morgan fingerprint density at radius 1 is 1.00 bits per heavy atom.